The Balaban J connectivity index is 1.95. The average Bonchev–Trinajstić information content (AvgIpc) is 2.90. The van der Waals surface area contributed by atoms with Crippen LogP contribution in [0, 0.1) is 6.92 Å². The summed E-state index contributed by atoms with van der Waals surface area (Å²) >= 11 is 1.26. The molecule has 2 rings (SSSR count). The van der Waals surface area contributed by atoms with E-state index in [1.165, 1.54) is 23.5 Å². The molecular formula is C12H13N3O3S2. The lowest BCUT2D eigenvalue weighted by molar-refractivity contribution is -0.115. The van der Waals surface area contributed by atoms with Crippen LogP contribution in [0.3, 0.4) is 0 Å². The molecule has 1 aromatic carbocycles. The molecule has 0 aliphatic carbocycles. The Bertz CT molecular complexity index is 679. The second-order valence-corrected chi connectivity index (χ2v) is 6.68. The maximum absolute atomic E-state index is 11.9. The fourth-order valence-corrected chi connectivity index (χ4v) is 2.94. The van der Waals surface area contributed by atoms with Gasteiger partial charge in [-0.15, -0.1) is 11.3 Å². The molecule has 2 N–H and O–H groups in total. The van der Waals surface area contributed by atoms with Crippen LogP contribution in [-0.4, -0.2) is 25.9 Å². The Morgan fingerprint density at radius 1 is 1.30 bits per heavy atom. The molecule has 0 aliphatic heterocycles. The normalized spacial score (nSPS) is 11.2. The number of benzene rings is 1. The van der Waals surface area contributed by atoms with Crippen LogP contribution in [-0.2, 0) is 14.8 Å². The second-order valence-electron chi connectivity index (χ2n) is 4.02. The highest BCUT2D eigenvalue weighted by molar-refractivity contribution is 7.89. The van der Waals surface area contributed by atoms with Crippen LogP contribution >= 0.6 is 11.3 Å². The summed E-state index contributed by atoms with van der Waals surface area (Å²) in [4.78, 5) is 15.6. The summed E-state index contributed by atoms with van der Waals surface area (Å²) in [5, 5.41) is 4.65. The van der Waals surface area contributed by atoms with Crippen molar-refractivity contribution in [3.05, 3.63) is 41.4 Å². The maximum atomic E-state index is 11.9. The Labute approximate surface area is 120 Å². The van der Waals surface area contributed by atoms with Gasteiger partial charge >= 0.3 is 0 Å². The number of aromatic nitrogens is 1. The van der Waals surface area contributed by atoms with Crippen LogP contribution in [0.2, 0.25) is 0 Å². The number of hydrogen-bond acceptors (Lipinski definition) is 5. The Morgan fingerprint density at radius 3 is 2.60 bits per heavy atom. The number of aryl methyl sites for hydroxylation is 1. The quantitative estimate of drug-likeness (QED) is 0.873. The molecule has 0 radical (unpaired) electrons. The monoisotopic (exact) mass is 311 g/mol. The molecule has 0 spiro atoms. The molecule has 0 aliphatic rings. The van der Waals surface area contributed by atoms with E-state index in [1.807, 2.05) is 6.92 Å². The zero-order chi connectivity index (χ0) is 14.6. The van der Waals surface area contributed by atoms with Crippen LogP contribution in [0.25, 0.3) is 0 Å². The molecule has 1 heterocycles. The third kappa shape index (κ3) is 3.86. The number of amides is 1. The summed E-state index contributed by atoms with van der Waals surface area (Å²) in [6, 6.07) is 6.39. The van der Waals surface area contributed by atoms with Crippen molar-refractivity contribution in [1.82, 2.24) is 9.71 Å². The highest BCUT2D eigenvalue weighted by atomic mass is 32.2. The van der Waals surface area contributed by atoms with E-state index in [0.717, 1.165) is 5.56 Å². The van der Waals surface area contributed by atoms with E-state index in [4.69, 9.17) is 0 Å². The summed E-state index contributed by atoms with van der Waals surface area (Å²) in [5.41, 5.74) is 0.963. The minimum absolute atomic E-state index is 0.130. The lowest BCUT2D eigenvalue weighted by Crippen LogP contribution is -2.32. The summed E-state index contributed by atoms with van der Waals surface area (Å²) in [6.45, 7) is 1.53. The van der Waals surface area contributed by atoms with Gasteiger partial charge in [0.15, 0.2) is 5.13 Å². The van der Waals surface area contributed by atoms with Crippen molar-refractivity contribution in [2.45, 2.75) is 11.8 Å². The standard InChI is InChI=1S/C12H13N3O3S2/c1-9-2-4-10(5-3-9)20(17,18)14-8-11(16)15-12-13-6-7-19-12/h2-7,14H,8H2,1H3,(H,13,15,16). The van der Waals surface area contributed by atoms with E-state index in [-0.39, 0.29) is 11.4 Å². The number of thiazole rings is 1. The first kappa shape index (κ1) is 14.6. The highest BCUT2D eigenvalue weighted by Gasteiger charge is 2.15. The van der Waals surface area contributed by atoms with Gasteiger partial charge < -0.3 is 5.32 Å². The van der Waals surface area contributed by atoms with Crippen molar-refractivity contribution in [3.8, 4) is 0 Å². The summed E-state index contributed by atoms with van der Waals surface area (Å²) in [7, 11) is -3.68. The number of anilines is 1. The number of carbonyl (C=O) groups excluding carboxylic acids is 1. The molecule has 1 amide bonds. The third-order valence-corrected chi connectivity index (χ3v) is 4.54. The topological polar surface area (TPSA) is 88.2 Å². The predicted octanol–water partition coefficient (Wildman–Crippen LogP) is 1.37. The van der Waals surface area contributed by atoms with Gasteiger partial charge in [-0.1, -0.05) is 17.7 Å². The van der Waals surface area contributed by atoms with Crippen molar-refractivity contribution in [2.75, 3.05) is 11.9 Å². The second kappa shape index (κ2) is 6.12. The van der Waals surface area contributed by atoms with Crippen LogP contribution in [0.15, 0.2) is 40.7 Å². The van der Waals surface area contributed by atoms with Gasteiger partial charge in [-0.05, 0) is 19.1 Å². The van der Waals surface area contributed by atoms with E-state index in [9.17, 15) is 13.2 Å². The number of hydrogen-bond donors (Lipinski definition) is 2. The van der Waals surface area contributed by atoms with Gasteiger partial charge in [-0.3, -0.25) is 4.79 Å². The van der Waals surface area contributed by atoms with Crippen molar-refractivity contribution in [3.63, 3.8) is 0 Å². The lowest BCUT2D eigenvalue weighted by Gasteiger charge is -2.06. The van der Waals surface area contributed by atoms with Crippen molar-refractivity contribution < 1.29 is 13.2 Å². The average molecular weight is 311 g/mol. The van der Waals surface area contributed by atoms with Crippen molar-refractivity contribution >= 4 is 32.4 Å². The molecule has 106 valence electrons. The van der Waals surface area contributed by atoms with Gasteiger partial charge in [0, 0.05) is 11.6 Å². The molecule has 8 heteroatoms. The smallest absolute Gasteiger partial charge is 0.241 e. The van der Waals surface area contributed by atoms with Gasteiger partial charge in [0.05, 0.1) is 11.4 Å². The molecule has 1 aromatic heterocycles. The summed E-state index contributed by atoms with van der Waals surface area (Å²) in [5.74, 6) is -0.462. The molecule has 0 bridgehead atoms. The van der Waals surface area contributed by atoms with Gasteiger partial charge in [0.2, 0.25) is 15.9 Å². The Morgan fingerprint density at radius 2 is 2.00 bits per heavy atom. The molecule has 6 nitrogen and oxygen atoms in total. The number of rotatable bonds is 5. The molecule has 0 unspecified atom stereocenters. The molecule has 20 heavy (non-hydrogen) atoms. The van der Waals surface area contributed by atoms with E-state index < -0.39 is 15.9 Å². The summed E-state index contributed by atoms with van der Waals surface area (Å²) in [6.07, 6.45) is 1.55. The van der Waals surface area contributed by atoms with Crippen molar-refractivity contribution in [1.29, 1.82) is 0 Å². The number of nitrogens with one attached hydrogen (secondary N) is 2. The van der Waals surface area contributed by atoms with Crippen LogP contribution < -0.4 is 10.0 Å². The van der Waals surface area contributed by atoms with E-state index >= 15 is 0 Å². The predicted molar refractivity (Wildman–Crippen MR) is 77.1 cm³/mol. The minimum Gasteiger partial charge on any atom is -0.301 e. The fourth-order valence-electron chi connectivity index (χ4n) is 1.41. The van der Waals surface area contributed by atoms with Crippen molar-refractivity contribution in [2.24, 2.45) is 0 Å². The van der Waals surface area contributed by atoms with Gasteiger partial charge in [0.25, 0.3) is 0 Å². The Kier molecular flexibility index (Phi) is 4.48. The van der Waals surface area contributed by atoms with E-state index in [0.29, 0.717) is 5.13 Å². The molecule has 0 atom stereocenters. The fraction of sp³-hybridized carbons (Fsp3) is 0.167. The molecule has 0 saturated heterocycles. The Hall–Kier alpha value is -1.77. The van der Waals surface area contributed by atoms with Gasteiger partial charge in [-0.25, -0.2) is 18.1 Å². The third-order valence-electron chi connectivity index (χ3n) is 2.43. The maximum Gasteiger partial charge on any atom is 0.241 e. The zero-order valence-electron chi connectivity index (χ0n) is 10.7. The van der Waals surface area contributed by atoms with E-state index in [2.05, 4.69) is 15.0 Å². The molecule has 2 aromatic rings. The number of carbonyl (C=O) groups is 1. The molecule has 0 fully saturated rings. The minimum atomic E-state index is -3.68. The largest absolute Gasteiger partial charge is 0.301 e. The van der Waals surface area contributed by atoms with Crippen LogP contribution in [0.5, 0.6) is 0 Å². The van der Waals surface area contributed by atoms with E-state index in [1.54, 1.807) is 23.7 Å². The number of sulfonamides is 1. The lowest BCUT2D eigenvalue weighted by atomic mass is 10.2. The molecular weight excluding hydrogens is 298 g/mol. The first-order chi connectivity index (χ1) is 9.47. The first-order valence-electron chi connectivity index (χ1n) is 5.73. The highest BCUT2D eigenvalue weighted by Crippen LogP contribution is 2.11. The number of nitrogens with zero attached hydrogens (tertiary/aromatic N) is 1. The molecule has 0 saturated carbocycles. The van der Waals surface area contributed by atoms with Crippen LogP contribution in [0.1, 0.15) is 5.56 Å². The van der Waals surface area contributed by atoms with Crippen LogP contribution in [0.4, 0.5) is 5.13 Å². The van der Waals surface area contributed by atoms with Gasteiger partial charge in [0.1, 0.15) is 0 Å². The SMILES string of the molecule is Cc1ccc(S(=O)(=O)NCC(=O)Nc2nccs2)cc1. The first-order valence-corrected chi connectivity index (χ1v) is 8.09. The van der Waals surface area contributed by atoms with Gasteiger partial charge in [-0.2, -0.15) is 0 Å². The zero-order valence-corrected chi connectivity index (χ0v) is 12.3. The summed E-state index contributed by atoms with van der Waals surface area (Å²) < 4.78 is 26.1.